The molecule has 0 unspecified atom stereocenters. The third-order valence-electron chi connectivity index (χ3n) is 4.89. The van der Waals surface area contributed by atoms with Gasteiger partial charge in [0, 0.05) is 12.1 Å². The number of aromatic nitrogens is 1. The van der Waals surface area contributed by atoms with Crippen LogP contribution >= 0.6 is 0 Å². The quantitative estimate of drug-likeness (QED) is 0.753. The van der Waals surface area contributed by atoms with E-state index in [-0.39, 0.29) is 5.91 Å². The summed E-state index contributed by atoms with van der Waals surface area (Å²) in [5.74, 6) is 2.95. The molecule has 7 nitrogen and oxygen atoms in total. The van der Waals surface area contributed by atoms with Crippen LogP contribution in [0.4, 0.5) is 5.82 Å². The number of benzene rings is 1. The Bertz CT molecular complexity index is 844. The highest BCUT2D eigenvalue weighted by atomic mass is 16.6. The van der Waals surface area contributed by atoms with Gasteiger partial charge in [-0.05, 0) is 29.8 Å². The lowest BCUT2D eigenvalue weighted by Gasteiger charge is -2.30. The van der Waals surface area contributed by atoms with Crippen molar-refractivity contribution in [3.8, 4) is 17.2 Å². The van der Waals surface area contributed by atoms with Gasteiger partial charge in [0.25, 0.3) is 5.82 Å². The van der Waals surface area contributed by atoms with Crippen LogP contribution in [0.25, 0.3) is 6.08 Å². The minimum atomic E-state index is 0.00514. The Hall–Kier alpha value is -3.22. The standard InChI is InChI=1S/C21H23N3O4/c1-26-17-14-16(15-18-21(17)28-13-12-27-18)5-6-20(25)24-10-8-23(9-11-24)19-4-2-3-7-22-19/h2-7,14-15H,8-13H2,1H3/p+1/b6-5+. The molecule has 146 valence electrons. The van der Waals surface area contributed by atoms with Gasteiger partial charge in [-0.15, -0.1) is 0 Å². The summed E-state index contributed by atoms with van der Waals surface area (Å²) in [6.45, 7) is 4.00. The van der Waals surface area contributed by atoms with E-state index in [2.05, 4.69) is 9.88 Å². The van der Waals surface area contributed by atoms with Gasteiger partial charge >= 0.3 is 0 Å². The summed E-state index contributed by atoms with van der Waals surface area (Å²) in [6, 6.07) is 9.73. The molecule has 1 aromatic carbocycles. The number of amides is 1. The number of carbonyl (C=O) groups is 1. The number of anilines is 1. The van der Waals surface area contributed by atoms with E-state index in [1.165, 1.54) is 0 Å². The van der Waals surface area contributed by atoms with Gasteiger partial charge in [-0.1, -0.05) is 6.07 Å². The molecule has 3 heterocycles. The molecular formula is C21H24N3O4+. The second kappa shape index (κ2) is 8.21. The Morgan fingerprint density at radius 3 is 2.71 bits per heavy atom. The molecule has 0 radical (unpaired) electrons. The summed E-state index contributed by atoms with van der Waals surface area (Å²) in [5, 5.41) is 0. The van der Waals surface area contributed by atoms with Crippen LogP contribution in [0.2, 0.25) is 0 Å². The third kappa shape index (κ3) is 3.88. The first kappa shape index (κ1) is 18.2. The zero-order valence-corrected chi connectivity index (χ0v) is 15.9. The van der Waals surface area contributed by atoms with Crippen molar-refractivity contribution in [3.63, 3.8) is 0 Å². The molecule has 1 N–H and O–H groups in total. The molecule has 0 bridgehead atoms. The molecule has 1 aromatic heterocycles. The molecule has 1 saturated heterocycles. The third-order valence-corrected chi connectivity index (χ3v) is 4.89. The largest absolute Gasteiger partial charge is 0.493 e. The number of hydrogen-bond donors (Lipinski definition) is 0. The Balaban J connectivity index is 1.39. The van der Waals surface area contributed by atoms with E-state index in [9.17, 15) is 4.79 Å². The molecule has 1 amide bonds. The van der Waals surface area contributed by atoms with Crippen LogP contribution in [-0.2, 0) is 4.79 Å². The first-order chi connectivity index (χ1) is 13.7. The minimum Gasteiger partial charge on any atom is -0.493 e. The van der Waals surface area contributed by atoms with Crippen LogP contribution in [0.15, 0.2) is 42.6 Å². The van der Waals surface area contributed by atoms with Crippen molar-refractivity contribution < 1.29 is 24.0 Å². The van der Waals surface area contributed by atoms with E-state index in [1.807, 2.05) is 41.4 Å². The average molecular weight is 382 g/mol. The molecule has 2 aromatic rings. The molecule has 1 fully saturated rings. The zero-order valence-electron chi connectivity index (χ0n) is 15.9. The number of ether oxygens (including phenoxy) is 3. The number of fused-ring (bicyclic) bond motifs is 1. The highest BCUT2D eigenvalue weighted by molar-refractivity contribution is 5.92. The molecule has 0 saturated carbocycles. The van der Waals surface area contributed by atoms with Crippen molar-refractivity contribution in [1.29, 1.82) is 0 Å². The molecular weight excluding hydrogens is 358 g/mol. The van der Waals surface area contributed by atoms with Crippen LogP contribution in [0.1, 0.15) is 5.56 Å². The fourth-order valence-corrected chi connectivity index (χ4v) is 3.41. The molecule has 7 heteroatoms. The number of methoxy groups -OCH3 is 1. The van der Waals surface area contributed by atoms with E-state index < -0.39 is 0 Å². The molecule has 0 spiro atoms. The van der Waals surface area contributed by atoms with Gasteiger partial charge in [-0.25, -0.2) is 4.98 Å². The number of nitrogens with one attached hydrogen (secondary N) is 1. The molecule has 28 heavy (non-hydrogen) atoms. The summed E-state index contributed by atoms with van der Waals surface area (Å²) in [6.07, 6.45) is 5.31. The van der Waals surface area contributed by atoms with Crippen LogP contribution in [0, 0.1) is 0 Å². The minimum absolute atomic E-state index is 0.00514. The number of aromatic amines is 1. The summed E-state index contributed by atoms with van der Waals surface area (Å²) in [4.78, 5) is 19.9. The van der Waals surface area contributed by atoms with Gasteiger partial charge in [-0.3, -0.25) is 9.69 Å². The predicted molar refractivity (Wildman–Crippen MR) is 105 cm³/mol. The van der Waals surface area contributed by atoms with Crippen molar-refractivity contribution in [3.05, 3.63) is 48.2 Å². The van der Waals surface area contributed by atoms with Gasteiger partial charge in [0.1, 0.15) is 26.3 Å². The van der Waals surface area contributed by atoms with E-state index in [0.29, 0.717) is 43.6 Å². The SMILES string of the molecule is COc1cc(/C=C/C(=O)N2CCN(c3cccc[nH+]3)CC2)cc2c1OCCO2. The lowest BCUT2D eigenvalue weighted by Crippen LogP contribution is -2.49. The van der Waals surface area contributed by atoms with Gasteiger partial charge in [0.05, 0.1) is 26.4 Å². The molecule has 2 aliphatic heterocycles. The Kier molecular flexibility index (Phi) is 5.32. The number of rotatable bonds is 4. The van der Waals surface area contributed by atoms with Crippen LogP contribution in [0.5, 0.6) is 17.2 Å². The maximum atomic E-state index is 12.6. The number of H-pyrrole nitrogens is 1. The number of hydrogen-bond acceptors (Lipinski definition) is 5. The van der Waals surface area contributed by atoms with E-state index >= 15 is 0 Å². The van der Waals surface area contributed by atoms with Crippen LogP contribution in [-0.4, -0.2) is 57.3 Å². The van der Waals surface area contributed by atoms with Crippen molar-refractivity contribution in [2.45, 2.75) is 0 Å². The van der Waals surface area contributed by atoms with E-state index in [4.69, 9.17) is 14.2 Å². The normalized spacial score (nSPS) is 16.3. The fraction of sp³-hybridized carbons (Fsp3) is 0.333. The first-order valence-electron chi connectivity index (χ1n) is 9.41. The summed E-state index contributed by atoms with van der Waals surface area (Å²) in [5.41, 5.74) is 0.840. The first-order valence-corrected chi connectivity index (χ1v) is 9.41. The Morgan fingerprint density at radius 1 is 1.14 bits per heavy atom. The van der Waals surface area contributed by atoms with Crippen molar-refractivity contribution >= 4 is 17.8 Å². The summed E-state index contributed by atoms with van der Waals surface area (Å²) < 4.78 is 16.6. The predicted octanol–water partition coefficient (Wildman–Crippen LogP) is 1.64. The average Bonchev–Trinajstić information content (AvgIpc) is 2.77. The summed E-state index contributed by atoms with van der Waals surface area (Å²) in [7, 11) is 1.59. The maximum absolute atomic E-state index is 12.6. The topological polar surface area (TPSA) is 65.4 Å². The summed E-state index contributed by atoms with van der Waals surface area (Å²) >= 11 is 0. The van der Waals surface area contributed by atoms with Crippen LogP contribution < -0.4 is 24.1 Å². The smallest absolute Gasteiger partial charge is 0.274 e. The number of nitrogens with zero attached hydrogens (tertiary/aromatic N) is 2. The van der Waals surface area contributed by atoms with Crippen molar-refractivity contribution in [2.24, 2.45) is 0 Å². The highest BCUT2D eigenvalue weighted by Gasteiger charge is 2.25. The highest BCUT2D eigenvalue weighted by Crippen LogP contribution is 2.40. The molecule has 2 aliphatic rings. The van der Waals surface area contributed by atoms with E-state index in [0.717, 1.165) is 24.5 Å². The van der Waals surface area contributed by atoms with Crippen LogP contribution in [0.3, 0.4) is 0 Å². The second-order valence-corrected chi connectivity index (χ2v) is 6.64. The monoisotopic (exact) mass is 382 g/mol. The van der Waals surface area contributed by atoms with Crippen molar-refractivity contribution in [1.82, 2.24) is 4.90 Å². The second-order valence-electron chi connectivity index (χ2n) is 6.64. The Labute approximate surface area is 164 Å². The lowest BCUT2D eigenvalue weighted by atomic mass is 10.1. The van der Waals surface area contributed by atoms with Gasteiger partial charge < -0.3 is 19.1 Å². The number of carbonyl (C=O) groups excluding carboxylic acids is 1. The van der Waals surface area contributed by atoms with Gasteiger partial charge in [0.2, 0.25) is 11.7 Å². The molecule has 4 rings (SSSR count). The van der Waals surface area contributed by atoms with Crippen molar-refractivity contribution in [2.75, 3.05) is 51.4 Å². The van der Waals surface area contributed by atoms with E-state index in [1.54, 1.807) is 19.3 Å². The maximum Gasteiger partial charge on any atom is 0.274 e. The molecule has 0 atom stereocenters. The lowest BCUT2D eigenvalue weighted by molar-refractivity contribution is -0.364. The van der Waals surface area contributed by atoms with Gasteiger partial charge in [0.15, 0.2) is 11.5 Å². The number of piperazine rings is 1. The van der Waals surface area contributed by atoms with Gasteiger partial charge in [-0.2, -0.15) is 0 Å². The number of pyridine rings is 1. The molecule has 0 aliphatic carbocycles. The fourth-order valence-electron chi connectivity index (χ4n) is 3.41. The zero-order chi connectivity index (χ0) is 19.3. The Morgan fingerprint density at radius 2 is 1.96 bits per heavy atom.